The Bertz CT molecular complexity index is 369. The molecule has 1 N–H and O–H groups in total. The molecule has 1 heterocycles. The van der Waals surface area contributed by atoms with E-state index in [4.69, 9.17) is 0 Å². The first-order valence-corrected chi connectivity index (χ1v) is 7.17. The van der Waals surface area contributed by atoms with Crippen molar-refractivity contribution in [3.63, 3.8) is 0 Å². The van der Waals surface area contributed by atoms with Crippen LogP contribution < -0.4 is 5.32 Å². The van der Waals surface area contributed by atoms with Crippen molar-refractivity contribution in [3.05, 3.63) is 0 Å². The zero-order valence-electron chi connectivity index (χ0n) is 13.3. The molecule has 4 heteroatoms. The Kier molecular flexibility index (Phi) is 4.33. The maximum absolute atomic E-state index is 12.8. The second-order valence-corrected chi connectivity index (χ2v) is 7.18. The van der Waals surface area contributed by atoms with Crippen molar-refractivity contribution in [2.45, 2.75) is 78.9 Å². The first-order valence-electron chi connectivity index (χ1n) is 7.17. The molecule has 0 bridgehead atoms. The lowest BCUT2D eigenvalue weighted by molar-refractivity contribution is -0.161. The van der Waals surface area contributed by atoms with Crippen LogP contribution >= 0.6 is 0 Å². The van der Waals surface area contributed by atoms with Crippen molar-refractivity contribution in [2.24, 2.45) is 5.41 Å². The van der Waals surface area contributed by atoms with Gasteiger partial charge >= 0.3 is 0 Å². The maximum atomic E-state index is 12.8. The lowest BCUT2D eigenvalue weighted by Crippen LogP contribution is -2.72. The highest BCUT2D eigenvalue weighted by atomic mass is 16.2. The van der Waals surface area contributed by atoms with E-state index in [-0.39, 0.29) is 23.3 Å². The normalized spacial score (nSPS) is 25.2. The fourth-order valence-electron chi connectivity index (χ4n) is 2.80. The molecule has 0 spiro atoms. The van der Waals surface area contributed by atoms with E-state index in [0.717, 1.165) is 12.8 Å². The first kappa shape index (κ1) is 16.0. The third-order valence-corrected chi connectivity index (χ3v) is 3.93. The van der Waals surface area contributed by atoms with E-state index in [1.165, 1.54) is 0 Å². The molecule has 4 nitrogen and oxygen atoms in total. The van der Waals surface area contributed by atoms with Crippen molar-refractivity contribution >= 4 is 11.8 Å². The van der Waals surface area contributed by atoms with Crippen LogP contribution in [-0.2, 0) is 9.59 Å². The summed E-state index contributed by atoms with van der Waals surface area (Å²) in [4.78, 5) is 26.9. The smallest absolute Gasteiger partial charge is 0.246 e. The number of carbonyl (C=O) groups is 2. The van der Waals surface area contributed by atoms with Gasteiger partial charge in [-0.05, 0) is 32.6 Å². The largest absolute Gasteiger partial charge is 0.342 e. The van der Waals surface area contributed by atoms with Crippen LogP contribution in [0, 0.1) is 5.41 Å². The third kappa shape index (κ3) is 2.93. The zero-order chi connectivity index (χ0) is 15.0. The lowest BCUT2D eigenvalue weighted by Gasteiger charge is -2.50. The fraction of sp³-hybridized carbons (Fsp3) is 0.867. The molecular weight excluding hydrogens is 240 g/mol. The average Bonchev–Trinajstić information content (AvgIpc) is 2.22. The summed E-state index contributed by atoms with van der Waals surface area (Å²) in [5.74, 6) is -0.0203. The molecule has 0 aromatic rings. The van der Waals surface area contributed by atoms with Gasteiger partial charge in [0.25, 0.3) is 0 Å². The van der Waals surface area contributed by atoms with E-state index in [0.29, 0.717) is 0 Å². The number of carbonyl (C=O) groups excluding carboxylic acids is 2. The predicted octanol–water partition coefficient (Wildman–Crippen LogP) is 2.33. The van der Waals surface area contributed by atoms with E-state index >= 15 is 0 Å². The van der Waals surface area contributed by atoms with E-state index in [1.54, 1.807) is 4.90 Å². The van der Waals surface area contributed by atoms with Gasteiger partial charge in [0.2, 0.25) is 11.8 Å². The quantitative estimate of drug-likeness (QED) is 0.854. The van der Waals surface area contributed by atoms with Crippen molar-refractivity contribution in [1.82, 2.24) is 10.2 Å². The molecule has 110 valence electrons. The van der Waals surface area contributed by atoms with E-state index in [2.05, 4.69) is 12.2 Å². The lowest BCUT2D eigenvalue weighted by atomic mass is 9.81. The molecule has 1 fully saturated rings. The summed E-state index contributed by atoms with van der Waals surface area (Å²) in [5.41, 5.74) is -1.04. The molecule has 0 aromatic carbocycles. The number of nitrogens with zero attached hydrogens (tertiary/aromatic N) is 1. The second-order valence-electron chi connectivity index (χ2n) is 7.18. The highest BCUT2D eigenvalue weighted by Crippen LogP contribution is 2.31. The maximum Gasteiger partial charge on any atom is 0.246 e. The SMILES string of the molecule is CCCC(C)N1C(=O)C(C(C)(C)C)NC(=O)C1(C)C. The molecule has 19 heavy (non-hydrogen) atoms. The molecule has 2 unspecified atom stereocenters. The van der Waals surface area contributed by atoms with Crippen molar-refractivity contribution < 1.29 is 9.59 Å². The monoisotopic (exact) mass is 268 g/mol. The topological polar surface area (TPSA) is 49.4 Å². The van der Waals surface area contributed by atoms with Gasteiger partial charge in [-0.2, -0.15) is 0 Å². The molecule has 0 saturated carbocycles. The van der Waals surface area contributed by atoms with E-state index < -0.39 is 11.6 Å². The molecule has 1 rings (SSSR count). The predicted molar refractivity (Wildman–Crippen MR) is 76.7 cm³/mol. The van der Waals surface area contributed by atoms with Gasteiger partial charge in [0.15, 0.2) is 0 Å². The van der Waals surface area contributed by atoms with Gasteiger partial charge in [0.1, 0.15) is 11.6 Å². The molecule has 2 amide bonds. The van der Waals surface area contributed by atoms with Crippen LogP contribution in [0.25, 0.3) is 0 Å². The van der Waals surface area contributed by atoms with E-state index in [1.807, 2.05) is 41.5 Å². The molecule has 0 aromatic heterocycles. The number of nitrogens with one attached hydrogen (secondary N) is 1. The summed E-state index contributed by atoms with van der Waals surface area (Å²) in [6.07, 6.45) is 1.92. The van der Waals surface area contributed by atoms with Crippen LogP contribution in [-0.4, -0.2) is 34.3 Å². The second kappa shape index (κ2) is 5.14. The summed E-state index contributed by atoms with van der Waals surface area (Å²) < 4.78 is 0. The Hall–Kier alpha value is -1.06. The standard InChI is InChI=1S/C15H28N2O2/c1-8-9-10(2)17-12(18)11(14(3,4)5)16-13(19)15(17,6)7/h10-11H,8-9H2,1-7H3,(H,16,19). The zero-order valence-corrected chi connectivity index (χ0v) is 13.3. The van der Waals surface area contributed by atoms with Gasteiger partial charge in [-0.3, -0.25) is 9.59 Å². The van der Waals surface area contributed by atoms with Gasteiger partial charge in [-0.15, -0.1) is 0 Å². The number of rotatable bonds is 3. The van der Waals surface area contributed by atoms with Crippen LogP contribution in [0.15, 0.2) is 0 Å². The Morgan fingerprint density at radius 3 is 2.26 bits per heavy atom. The first-order chi connectivity index (χ1) is 8.53. The molecule has 1 saturated heterocycles. The van der Waals surface area contributed by atoms with Crippen LogP contribution in [0.1, 0.15) is 61.3 Å². The van der Waals surface area contributed by atoms with Crippen molar-refractivity contribution in [3.8, 4) is 0 Å². The van der Waals surface area contributed by atoms with Gasteiger partial charge in [-0.1, -0.05) is 34.1 Å². The Morgan fingerprint density at radius 1 is 1.32 bits per heavy atom. The molecule has 2 atom stereocenters. The van der Waals surface area contributed by atoms with Crippen LogP contribution in [0.3, 0.4) is 0 Å². The minimum absolute atomic E-state index is 0.0399. The molecule has 1 aliphatic rings. The third-order valence-electron chi connectivity index (χ3n) is 3.93. The molecular formula is C15H28N2O2. The molecule has 0 aliphatic carbocycles. The number of hydrogen-bond acceptors (Lipinski definition) is 2. The number of hydrogen-bond donors (Lipinski definition) is 1. The van der Waals surface area contributed by atoms with Gasteiger partial charge in [0.05, 0.1) is 0 Å². The van der Waals surface area contributed by atoms with Crippen LogP contribution in [0.5, 0.6) is 0 Å². The molecule has 1 aliphatic heterocycles. The van der Waals surface area contributed by atoms with Gasteiger partial charge < -0.3 is 10.2 Å². The number of piperazine rings is 1. The highest BCUT2D eigenvalue weighted by molar-refractivity contribution is 5.99. The summed E-state index contributed by atoms with van der Waals surface area (Å²) in [5, 5.41) is 2.89. The molecule has 0 radical (unpaired) electrons. The van der Waals surface area contributed by atoms with Gasteiger partial charge in [0, 0.05) is 6.04 Å². The number of amides is 2. The summed E-state index contributed by atoms with van der Waals surface area (Å²) in [7, 11) is 0. The summed E-state index contributed by atoms with van der Waals surface area (Å²) >= 11 is 0. The van der Waals surface area contributed by atoms with Crippen molar-refractivity contribution in [1.29, 1.82) is 0 Å². The fourth-order valence-corrected chi connectivity index (χ4v) is 2.80. The van der Waals surface area contributed by atoms with Crippen molar-refractivity contribution in [2.75, 3.05) is 0 Å². The van der Waals surface area contributed by atoms with Crippen LogP contribution in [0.2, 0.25) is 0 Å². The summed E-state index contributed by atoms with van der Waals surface area (Å²) in [6, 6.07) is -0.351. The average molecular weight is 268 g/mol. The van der Waals surface area contributed by atoms with Crippen LogP contribution in [0.4, 0.5) is 0 Å². The Labute approximate surface area is 116 Å². The minimum Gasteiger partial charge on any atom is -0.342 e. The van der Waals surface area contributed by atoms with Gasteiger partial charge in [-0.25, -0.2) is 0 Å². The van der Waals surface area contributed by atoms with E-state index in [9.17, 15) is 9.59 Å². The highest BCUT2D eigenvalue weighted by Gasteiger charge is 2.50. The summed E-state index contributed by atoms with van der Waals surface area (Å²) in [6.45, 7) is 13.7. The Morgan fingerprint density at radius 2 is 1.84 bits per heavy atom. The minimum atomic E-state index is -0.770. The Balaban J connectivity index is 3.14.